The third-order valence-corrected chi connectivity index (χ3v) is 4.29. The third-order valence-electron chi connectivity index (χ3n) is 3.37. The molecule has 0 radical (unpaired) electrons. The van der Waals surface area contributed by atoms with Crippen LogP contribution in [0.3, 0.4) is 0 Å². The zero-order valence-corrected chi connectivity index (χ0v) is 13.7. The zero-order chi connectivity index (χ0) is 16.7. The number of hydrogen-bond donors (Lipinski definition) is 3. The molecule has 1 unspecified atom stereocenters. The quantitative estimate of drug-likeness (QED) is 0.712. The molecule has 23 heavy (non-hydrogen) atoms. The van der Waals surface area contributed by atoms with Crippen LogP contribution < -0.4 is 10.6 Å². The van der Waals surface area contributed by atoms with Gasteiger partial charge in [0.1, 0.15) is 0 Å². The molecule has 6 heteroatoms. The first-order chi connectivity index (χ1) is 11.1. The van der Waals surface area contributed by atoms with Gasteiger partial charge in [-0.15, -0.1) is 11.3 Å². The number of nitrogens with one attached hydrogen (secondary N) is 2. The van der Waals surface area contributed by atoms with E-state index in [-0.39, 0.29) is 6.54 Å². The summed E-state index contributed by atoms with van der Waals surface area (Å²) < 4.78 is 0. The number of rotatable bonds is 6. The van der Waals surface area contributed by atoms with Gasteiger partial charge in [-0.1, -0.05) is 25.1 Å². The number of carbonyl (C=O) groups excluding carboxylic acids is 2. The van der Waals surface area contributed by atoms with Crippen molar-refractivity contribution >= 4 is 28.8 Å². The van der Waals surface area contributed by atoms with Gasteiger partial charge < -0.3 is 15.7 Å². The molecule has 0 saturated heterocycles. The molecule has 0 fully saturated rings. The van der Waals surface area contributed by atoms with Crippen LogP contribution in [0.1, 0.15) is 19.8 Å². The van der Waals surface area contributed by atoms with Gasteiger partial charge >= 0.3 is 11.8 Å². The fourth-order valence-electron chi connectivity index (χ4n) is 2.02. The molecule has 2 aromatic rings. The maximum atomic E-state index is 11.9. The molecule has 1 aromatic carbocycles. The van der Waals surface area contributed by atoms with Gasteiger partial charge in [-0.3, -0.25) is 9.59 Å². The predicted octanol–water partition coefficient (Wildman–Crippen LogP) is 2.63. The zero-order valence-electron chi connectivity index (χ0n) is 12.9. The maximum Gasteiger partial charge on any atom is 0.313 e. The van der Waals surface area contributed by atoms with Gasteiger partial charge in [0.25, 0.3) is 0 Å². The smallest absolute Gasteiger partial charge is 0.313 e. The van der Waals surface area contributed by atoms with E-state index < -0.39 is 17.9 Å². The molecule has 122 valence electrons. The van der Waals surface area contributed by atoms with E-state index in [0.717, 1.165) is 10.4 Å². The maximum absolute atomic E-state index is 11.9. The molecule has 1 atom stereocenters. The van der Waals surface area contributed by atoms with Crippen LogP contribution in [-0.2, 0) is 9.59 Å². The standard InChI is InChI=1S/C17H20N2O3S/c1-2-14(20)8-9-18-16(21)17(22)19-13-6-3-5-12(11-13)15-7-4-10-23-15/h3-7,10-11,14,20H,2,8-9H2,1H3,(H,18,21)(H,19,22). The molecule has 0 aliphatic carbocycles. The molecule has 0 spiro atoms. The number of benzene rings is 1. The molecule has 2 rings (SSSR count). The normalized spacial score (nSPS) is 11.7. The molecule has 0 saturated carbocycles. The topological polar surface area (TPSA) is 78.4 Å². The number of aliphatic hydroxyl groups excluding tert-OH is 1. The van der Waals surface area contributed by atoms with Crippen molar-refractivity contribution in [2.75, 3.05) is 11.9 Å². The fraction of sp³-hybridized carbons (Fsp3) is 0.294. The van der Waals surface area contributed by atoms with E-state index in [1.165, 1.54) is 0 Å². The Morgan fingerprint density at radius 1 is 1.22 bits per heavy atom. The molecule has 0 aliphatic rings. The van der Waals surface area contributed by atoms with Crippen LogP contribution in [-0.4, -0.2) is 29.6 Å². The van der Waals surface area contributed by atoms with Crippen molar-refractivity contribution < 1.29 is 14.7 Å². The average molecular weight is 332 g/mol. The summed E-state index contributed by atoms with van der Waals surface area (Å²) in [5, 5.41) is 16.5. The van der Waals surface area contributed by atoms with Gasteiger partial charge in [-0.05, 0) is 42.0 Å². The highest BCUT2D eigenvalue weighted by atomic mass is 32.1. The lowest BCUT2D eigenvalue weighted by Gasteiger charge is -2.09. The predicted molar refractivity (Wildman–Crippen MR) is 92.3 cm³/mol. The van der Waals surface area contributed by atoms with Crippen LogP contribution in [0.15, 0.2) is 41.8 Å². The van der Waals surface area contributed by atoms with Crippen LogP contribution in [0.25, 0.3) is 10.4 Å². The SMILES string of the molecule is CCC(O)CCNC(=O)C(=O)Nc1cccc(-c2cccs2)c1. The third kappa shape index (κ3) is 5.19. The van der Waals surface area contributed by atoms with Gasteiger partial charge in [0, 0.05) is 17.1 Å². The number of anilines is 1. The largest absolute Gasteiger partial charge is 0.393 e. The van der Waals surface area contributed by atoms with Crippen molar-refractivity contribution in [3.8, 4) is 10.4 Å². The summed E-state index contributed by atoms with van der Waals surface area (Å²) in [6.45, 7) is 2.14. The molecular formula is C17H20N2O3S. The molecule has 5 nitrogen and oxygen atoms in total. The van der Waals surface area contributed by atoms with E-state index in [2.05, 4.69) is 10.6 Å². The van der Waals surface area contributed by atoms with Crippen molar-refractivity contribution in [3.63, 3.8) is 0 Å². The summed E-state index contributed by atoms with van der Waals surface area (Å²) in [7, 11) is 0. The molecule has 2 amide bonds. The van der Waals surface area contributed by atoms with E-state index in [4.69, 9.17) is 0 Å². The molecule has 0 aliphatic heterocycles. The minimum atomic E-state index is -0.709. The Hall–Kier alpha value is -2.18. The molecule has 1 aromatic heterocycles. The van der Waals surface area contributed by atoms with Crippen molar-refractivity contribution in [2.24, 2.45) is 0 Å². The fourth-order valence-corrected chi connectivity index (χ4v) is 2.74. The Morgan fingerprint density at radius 2 is 2.04 bits per heavy atom. The van der Waals surface area contributed by atoms with Crippen LogP contribution >= 0.6 is 11.3 Å². The number of carbonyl (C=O) groups is 2. The minimum absolute atomic E-state index is 0.274. The molecular weight excluding hydrogens is 312 g/mol. The van der Waals surface area contributed by atoms with Crippen molar-refractivity contribution in [2.45, 2.75) is 25.9 Å². The Bertz CT molecular complexity index is 656. The molecule has 1 heterocycles. The second-order valence-electron chi connectivity index (χ2n) is 5.12. The summed E-state index contributed by atoms with van der Waals surface area (Å²) in [5.41, 5.74) is 1.56. The van der Waals surface area contributed by atoms with E-state index in [1.54, 1.807) is 17.4 Å². The van der Waals surface area contributed by atoms with Gasteiger partial charge in [0.2, 0.25) is 0 Å². The first kappa shape index (κ1) is 17.2. The Kier molecular flexibility index (Phi) is 6.31. The van der Waals surface area contributed by atoms with Gasteiger partial charge in [-0.25, -0.2) is 0 Å². The number of amides is 2. The first-order valence-corrected chi connectivity index (χ1v) is 8.39. The molecule has 0 bridgehead atoms. The lowest BCUT2D eigenvalue weighted by Crippen LogP contribution is -2.36. The van der Waals surface area contributed by atoms with E-state index in [9.17, 15) is 14.7 Å². The highest BCUT2D eigenvalue weighted by Gasteiger charge is 2.14. The summed E-state index contributed by atoms with van der Waals surface area (Å²) in [6.07, 6.45) is 0.599. The summed E-state index contributed by atoms with van der Waals surface area (Å²) in [5.74, 6) is -1.41. The monoisotopic (exact) mass is 332 g/mol. The van der Waals surface area contributed by atoms with Crippen LogP contribution in [0.2, 0.25) is 0 Å². The number of thiophene rings is 1. The first-order valence-electron chi connectivity index (χ1n) is 7.51. The summed E-state index contributed by atoms with van der Waals surface area (Å²) >= 11 is 1.61. The van der Waals surface area contributed by atoms with Crippen molar-refractivity contribution in [1.82, 2.24) is 5.32 Å². The van der Waals surface area contributed by atoms with Crippen LogP contribution in [0.5, 0.6) is 0 Å². The number of aliphatic hydroxyl groups is 1. The lowest BCUT2D eigenvalue weighted by atomic mass is 10.1. The highest BCUT2D eigenvalue weighted by molar-refractivity contribution is 7.13. The van der Waals surface area contributed by atoms with E-state index in [1.807, 2.05) is 42.6 Å². The second-order valence-corrected chi connectivity index (χ2v) is 6.07. The summed E-state index contributed by atoms with van der Waals surface area (Å²) in [6, 6.07) is 11.3. The van der Waals surface area contributed by atoms with E-state index in [0.29, 0.717) is 18.5 Å². The second kappa shape index (κ2) is 8.45. The Labute approximate surface area is 139 Å². The van der Waals surface area contributed by atoms with Gasteiger partial charge in [0.05, 0.1) is 6.10 Å². The van der Waals surface area contributed by atoms with Crippen LogP contribution in [0, 0.1) is 0 Å². The lowest BCUT2D eigenvalue weighted by molar-refractivity contribution is -0.136. The van der Waals surface area contributed by atoms with E-state index >= 15 is 0 Å². The highest BCUT2D eigenvalue weighted by Crippen LogP contribution is 2.26. The van der Waals surface area contributed by atoms with Crippen LogP contribution in [0.4, 0.5) is 5.69 Å². The Balaban J connectivity index is 1.90. The minimum Gasteiger partial charge on any atom is -0.393 e. The van der Waals surface area contributed by atoms with Gasteiger partial charge in [-0.2, -0.15) is 0 Å². The Morgan fingerprint density at radius 3 is 2.74 bits per heavy atom. The average Bonchev–Trinajstić information content (AvgIpc) is 3.09. The number of hydrogen-bond acceptors (Lipinski definition) is 4. The van der Waals surface area contributed by atoms with Crippen molar-refractivity contribution in [1.29, 1.82) is 0 Å². The van der Waals surface area contributed by atoms with Gasteiger partial charge in [0.15, 0.2) is 0 Å². The van der Waals surface area contributed by atoms with Crippen molar-refractivity contribution in [3.05, 3.63) is 41.8 Å². The molecule has 3 N–H and O–H groups in total. The summed E-state index contributed by atoms with van der Waals surface area (Å²) in [4.78, 5) is 24.7.